The fraction of sp³-hybridized carbons (Fsp3) is 0.167. The molecule has 4 heterocycles. The first-order chi connectivity index (χ1) is 36.1. The Balaban J connectivity index is 1.00. The summed E-state index contributed by atoms with van der Waals surface area (Å²) in [5.41, 5.74) is 1.55. The number of amides is 2. The topological polar surface area (TPSA) is 216 Å². The number of fused-ring (bicyclic) bond motifs is 1. The van der Waals surface area contributed by atoms with Gasteiger partial charge in [0, 0.05) is 11.1 Å². The van der Waals surface area contributed by atoms with Crippen LogP contribution in [0, 0.1) is 0 Å². The average molecular weight is 1050 g/mol. The van der Waals surface area contributed by atoms with Crippen molar-refractivity contribution in [3.05, 3.63) is 234 Å². The fourth-order valence-electron chi connectivity index (χ4n) is 8.55. The normalized spacial score (nSPS) is 15.6. The highest BCUT2D eigenvalue weighted by Crippen LogP contribution is 2.43. The number of H-pyrrole nitrogens is 1. The third-order valence-electron chi connectivity index (χ3n) is 11.9. The number of thiazole rings is 1. The quantitative estimate of drug-likeness (QED) is 0.0142. The van der Waals surface area contributed by atoms with Crippen LogP contribution in [-0.2, 0) is 45.6 Å². The van der Waals surface area contributed by atoms with Gasteiger partial charge in [-0.3, -0.25) is 33.4 Å². The number of allylic oxidation sites excluding steroid dienone is 1. The van der Waals surface area contributed by atoms with Gasteiger partial charge in [-0.25, -0.2) is 14.9 Å². The number of hydrogen-bond acceptors (Lipinski definition) is 16. The maximum absolute atomic E-state index is 14.7. The van der Waals surface area contributed by atoms with Gasteiger partial charge in [-0.2, -0.15) is 0 Å². The number of hydrogen-bond donors (Lipinski definition) is 3. The molecule has 0 radical (unpaired) electrons. The minimum Gasteiger partial charge on any atom is -0.465 e. The number of benzene rings is 5. The third kappa shape index (κ3) is 10.6. The Bertz CT molecular complexity index is 3240. The van der Waals surface area contributed by atoms with E-state index in [1.807, 2.05) is 152 Å². The van der Waals surface area contributed by atoms with Gasteiger partial charge in [0.15, 0.2) is 22.1 Å². The lowest BCUT2D eigenvalue weighted by molar-refractivity contribution is -0.154. The molecule has 0 saturated carbocycles. The zero-order valence-corrected chi connectivity index (χ0v) is 42.1. The lowest BCUT2D eigenvalue weighted by atomic mass is 9.77. The van der Waals surface area contributed by atoms with Crippen LogP contribution in [0.3, 0.4) is 0 Å². The van der Waals surface area contributed by atoms with Crippen LogP contribution in [0.4, 0.5) is 5.13 Å². The fourth-order valence-corrected chi connectivity index (χ4v) is 11.3. The molecule has 0 spiro atoms. The lowest BCUT2D eigenvalue weighted by Crippen LogP contribution is -2.71. The number of thioether (sulfide) groups is 2. The molecule has 2 aliphatic rings. The van der Waals surface area contributed by atoms with Gasteiger partial charge in [-0.05, 0) is 51.8 Å². The number of carbonyl (C=O) groups excluding carboxylic acids is 4. The van der Waals surface area contributed by atoms with E-state index in [1.165, 1.54) is 40.5 Å². The van der Waals surface area contributed by atoms with Gasteiger partial charge in [0.25, 0.3) is 11.8 Å². The molecule has 3 N–H and O–H groups in total. The maximum Gasteiger partial charge on any atom is 0.356 e. The van der Waals surface area contributed by atoms with Crippen LogP contribution in [0.5, 0.6) is 0 Å². The minimum atomic E-state index is -1.11. The second kappa shape index (κ2) is 23.0. The van der Waals surface area contributed by atoms with Crippen molar-refractivity contribution in [3.63, 3.8) is 0 Å². The highest BCUT2D eigenvalue weighted by Gasteiger charge is 2.55. The monoisotopic (exact) mass is 1050 g/mol. The van der Waals surface area contributed by atoms with Crippen molar-refractivity contribution in [1.82, 2.24) is 30.0 Å². The molecule has 2 amide bonds. The van der Waals surface area contributed by atoms with E-state index in [-0.39, 0.29) is 34.6 Å². The van der Waals surface area contributed by atoms with Crippen molar-refractivity contribution in [2.75, 3.05) is 24.8 Å². The molecule has 0 aliphatic carbocycles. The molecule has 5 aromatic carbocycles. The van der Waals surface area contributed by atoms with Gasteiger partial charge < -0.3 is 24.9 Å². The summed E-state index contributed by atoms with van der Waals surface area (Å²) >= 11 is 3.44. The highest BCUT2D eigenvalue weighted by molar-refractivity contribution is 8.02. The van der Waals surface area contributed by atoms with Gasteiger partial charge in [-0.15, -0.1) is 28.2 Å². The molecule has 2 aromatic heterocycles. The molecule has 74 heavy (non-hydrogen) atoms. The number of esters is 2. The van der Waals surface area contributed by atoms with E-state index in [0.29, 0.717) is 21.8 Å². The first-order valence-corrected chi connectivity index (χ1v) is 25.9. The van der Waals surface area contributed by atoms with Crippen LogP contribution in [-0.4, -0.2) is 85.0 Å². The molecule has 2 aliphatic heterocycles. The Kier molecular flexibility index (Phi) is 15.8. The Morgan fingerprint density at radius 3 is 1.97 bits per heavy atom. The number of anilines is 1. The van der Waals surface area contributed by atoms with E-state index in [2.05, 4.69) is 26.0 Å². The summed E-state index contributed by atoms with van der Waals surface area (Å²) in [4.78, 5) is 92.3. The first-order valence-electron chi connectivity index (χ1n) is 23.1. The third-order valence-corrected chi connectivity index (χ3v) is 14.8. The minimum absolute atomic E-state index is 0.0413. The number of aromatic amines is 1. The Morgan fingerprint density at radius 1 is 0.851 bits per heavy atom. The summed E-state index contributed by atoms with van der Waals surface area (Å²) in [6.07, 6.45) is 0.692. The van der Waals surface area contributed by atoms with Crippen LogP contribution >= 0.6 is 34.9 Å². The van der Waals surface area contributed by atoms with Gasteiger partial charge in [0.1, 0.15) is 42.0 Å². The van der Waals surface area contributed by atoms with Crippen molar-refractivity contribution >= 4 is 69.5 Å². The predicted molar refractivity (Wildman–Crippen MR) is 282 cm³/mol. The molecule has 1 fully saturated rings. The second-order valence-corrected chi connectivity index (χ2v) is 19.3. The number of ether oxygens (including phenoxy) is 2. The SMILES string of the molecule is CCOC(=O)Cn1c(S/C=C/C2=C(C(=O)OC(c3ccccc3)c3ccccc3)N3C(=O)C(NC(=O)/C(=N/OC)c4csc(NC(c5ccccc5)(c5ccccc5)c5ccccc5)n4)C3SC2)n[nH]c(=O)c1=O. The summed E-state index contributed by atoms with van der Waals surface area (Å²) in [6, 6.07) is 47.1. The molecular weight excluding hydrogens is 1000 g/mol. The van der Waals surface area contributed by atoms with Crippen molar-refractivity contribution in [2.45, 2.75) is 41.7 Å². The number of rotatable bonds is 19. The molecule has 7 aromatic rings. The number of nitrogens with zero attached hydrogens (tertiary/aromatic N) is 5. The molecule has 17 nitrogen and oxygen atoms in total. The summed E-state index contributed by atoms with van der Waals surface area (Å²) in [5, 5.41) is 19.6. The average Bonchev–Trinajstić information content (AvgIpc) is 3.91. The van der Waals surface area contributed by atoms with Crippen LogP contribution in [0.15, 0.2) is 200 Å². The van der Waals surface area contributed by atoms with Gasteiger partial charge in [-0.1, -0.05) is 169 Å². The highest BCUT2D eigenvalue weighted by atomic mass is 32.2. The first kappa shape index (κ1) is 50.6. The molecule has 2 unspecified atom stereocenters. The van der Waals surface area contributed by atoms with Gasteiger partial charge in [0.2, 0.25) is 0 Å². The van der Waals surface area contributed by atoms with E-state index < -0.39 is 64.5 Å². The standard InChI is InChI=1S/C54H46N8O9S3/c1-3-70-41(63)31-61-49(67)47(65)58-59-53(61)72-30-29-36-32-73-50-43(48(66)62(50)44(36)51(68)71-45(34-19-9-4-10-20-34)35-21-11-5-12-22-35)56-46(64)42(60-69-2)40-33-74-52(55-40)57-54(37-23-13-6-14-24-37,38-25-15-7-16-26-38)39-27-17-8-18-28-39/h4-30,33,43,45,50H,3,31-32H2,1-2H3,(H,55,57)(H,56,64)(H,58,65)/b30-29+,60-42+. The van der Waals surface area contributed by atoms with Crippen molar-refractivity contribution < 1.29 is 33.5 Å². The van der Waals surface area contributed by atoms with Gasteiger partial charge >= 0.3 is 23.1 Å². The maximum atomic E-state index is 14.7. The Morgan fingerprint density at radius 2 is 1.42 bits per heavy atom. The summed E-state index contributed by atoms with van der Waals surface area (Å²) in [6.45, 7) is 1.10. The zero-order valence-electron chi connectivity index (χ0n) is 39.7. The molecule has 1 saturated heterocycles. The Labute approximate surface area is 436 Å². The van der Waals surface area contributed by atoms with Crippen LogP contribution in [0.1, 0.15) is 46.5 Å². The summed E-state index contributed by atoms with van der Waals surface area (Å²) in [7, 11) is 1.30. The van der Waals surface area contributed by atoms with Crippen LogP contribution in [0.2, 0.25) is 0 Å². The lowest BCUT2D eigenvalue weighted by Gasteiger charge is -2.49. The Hall–Kier alpha value is -8.33. The summed E-state index contributed by atoms with van der Waals surface area (Å²) < 4.78 is 12.2. The molecule has 0 bridgehead atoms. The van der Waals surface area contributed by atoms with Crippen molar-refractivity contribution in [2.24, 2.45) is 5.16 Å². The molecule has 2 atom stereocenters. The van der Waals surface area contributed by atoms with E-state index >= 15 is 0 Å². The molecular formula is C54H46N8O9S3. The van der Waals surface area contributed by atoms with E-state index in [4.69, 9.17) is 19.3 Å². The molecule has 374 valence electrons. The summed E-state index contributed by atoms with van der Waals surface area (Å²) in [5.74, 6) is -2.75. The number of nitrogens with one attached hydrogen (secondary N) is 3. The zero-order chi connectivity index (χ0) is 51.6. The number of carbonyl (C=O) groups is 4. The van der Waals surface area contributed by atoms with Crippen molar-refractivity contribution in [1.29, 1.82) is 0 Å². The van der Waals surface area contributed by atoms with E-state index in [9.17, 15) is 28.8 Å². The van der Waals surface area contributed by atoms with Crippen LogP contribution in [0.25, 0.3) is 0 Å². The van der Waals surface area contributed by atoms with E-state index in [1.54, 1.807) is 18.4 Å². The smallest absolute Gasteiger partial charge is 0.356 e. The predicted octanol–water partition coefficient (Wildman–Crippen LogP) is 7.00. The number of oxime groups is 1. The van der Waals surface area contributed by atoms with E-state index in [0.717, 1.165) is 33.0 Å². The molecule has 9 rings (SSSR count). The number of aromatic nitrogens is 4. The number of β-lactam (4-membered cyclic amide) rings is 1. The van der Waals surface area contributed by atoms with Gasteiger partial charge in [0.05, 0.1) is 6.61 Å². The van der Waals surface area contributed by atoms with Crippen molar-refractivity contribution in [3.8, 4) is 0 Å². The van der Waals surface area contributed by atoms with Crippen LogP contribution < -0.4 is 21.8 Å². The molecule has 20 heteroatoms. The second-order valence-electron chi connectivity index (χ2n) is 16.4. The largest absolute Gasteiger partial charge is 0.465 e.